The van der Waals surface area contributed by atoms with Crippen LogP contribution in [0.5, 0.6) is 0 Å². The zero-order valence-corrected chi connectivity index (χ0v) is 69.2. The molecule has 1 N–H and O–H groups in total. The number of nitrogens with zero attached hydrogens (tertiary/aromatic N) is 21. The molecule has 28 heteroatoms. The Morgan fingerprint density at radius 3 is 0.950 bits per heavy atom. The number of aromatic nitrogens is 16. The third kappa shape index (κ3) is 22.1. The van der Waals surface area contributed by atoms with Gasteiger partial charge in [0.15, 0.2) is 34.7 Å². The highest BCUT2D eigenvalue weighted by Crippen LogP contribution is 2.33. The van der Waals surface area contributed by atoms with Crippen LogP contribution in [0.25, 0.3) is 91.6 Å². The lowest BCUT2D eigenvalue weighted by molar-refractivity contribution is 0.291. The number of likely N-dealkylation sites (N-methyl/N-ethyl adjacent to an activating group) is 3. The summed E-state index contributed by atoms with van der Waals surface area (Å²) in [5, 5.41) is 22.6. The third-order valence-corrected chi connectivity index (χ3v) is 20.7. The Kier molecular flexibility index (Phi) is 27.9. The van der Waals surface area contributed by atoms with Crippen molar-refractivity contribution in [3.8, 4) is 91.6 Å². The van der Waals surface area contributed by atoms with Gasteiger partial charge >= 0.3 is 0 Å². The van der Waals surface area contributed by atoms with Gasteiger partial charge in [-0.1, -0.05) is 152 Å². The van der Waals surface area contributed by atoms with E-state index >= 15 is 0 Å². The molecule has 0 aliphatic carbocycles. The van der Waals surface area contributed by atoms with E-state index in [0.29, 0.717) is 82.8 Å². The number of rotatable bonds is 18. The highest BCUT2D eigenvalue weighted by atomic mass is 35.5. The molecule has 3 aliphatic heterocycles. The van der Waals surface area contributed by atoms with Crippen molar-refractivity contribution in [2.24, 2.45) is 0 Å². The van der Waals surface area contributed by atoms with E-state index in [1.807, 2.05) is 265 Å². The van der Waals surface area contributed by atoms with Crippen molar-refractivity contribution in [2.45, 2.75) is 61.3 Å². The van der Waals surface area contributed by atoms with Gasteiger partial charge in [-0.05, 0) is 168 Å². The van der Waals surface area contributed by atoms with E-state index in [0.717, 1.165) is 168 Å². The van der Waals surface area contributed by atoms with Gasteiger partial charge < -0.3 is 47.5 Å². The maximum Gasteiger partial charge on any atom is 0.217 e. The molecule has 12 aromatic heterocycles. The van der Waals surface area contributed by atoms with E-state index < -0.39 is 0 Å². The minimum Gasteiger partial charge on any atom is -0.453 e. The lowest BCUT2D eigenvalue weighted by Crippen LogP contribution is -2.44. The minimum atomic E-state index is 0. The molecule has 0 radical (unpaired) electrons. The summed E-state index contributed by atoms with van der Waals surface area (Å²) in [6.07, 6.45) is 7.13. The molecule has 0 bridgehead atoms. The molecule has 4 aromatic carbocycles. The van der Waals surface area contributed by atoms with Crippen molar-refractivity contribution < 1.29 is 17.7 Å². The molecule has 0 spiro atoms. The summed E-state index contributed by atoms with van der Waals surface area (Å²) in [5.41, 5.74) is 8.46. The molecule has 3 fully saturated rings. The van der Waals surface area contributed by atoms with Gasteiger partial charge in [0, 0.05) is 126 Å². The Morgan fingerprint density at radius 2 is 0.617 bits per heavy atom. The summed E-state index contributed by atoms with van der Waals surface area (Å²) in [6, 6.07) is 71.4. The summed E-state index contributed by atoms with van der Waals surface area (Å²) >= 11 is 11.9. The fraction of sp³-hybridized carbons (Fsp3) is 0.261. The van der Waals surface area contributed by atoms with Crippen LogP contribution in [-0.4, -0.2) is 193 Å². The number of hydrogen-bond donors (Lipinski definition) is 1. The number of nitrogens with one attached hydrogen (secondary N) is 1. The molecule has 0 amide bonds. The largest absolute Gasteiger partial charge is 0.453 e. The van der Waals surface area contributed by atoms with E-state index in [9.17, 15) is 0 Å². The zero-order chi connectivity index (χ0) is 82.0. The summed E-state index contributed by atoms with van der Waals surface area (Å²) < 4.78 is 31.6. The molecule has 0 unspecified atom stereocenters. The van der Waals surface area contributed by atoms with E-state index in [4.69, 9.17) is 46.0 Å². The Labute approximate surface area is 708 Å². The molecule has 120 heavy (non-hydrogen) atoms. The Morgan fingerprint density at radius 1 is 0.317 bits per heavy atom. The molecule has 0 saturated carbocycles. The smallest absolute Gasteiger partial charge is 0.217 e. The predicted molar refractivity (Wildman–Crippen MR) is 471 cm³/mol. The van der Waals surface area contributed by atoms with Crippen LogP contribution in [0.3, 0.4) is 0 Å². The van der Waals surface area contributed by atoms with Crippen LogP contribution in [-0.2, 0) is 26.2 Å². The maximum atomic E-state index is 6.13. The predicted octanol–water partition coefficient (Wildman–Crippen LogP) is 16.8. The van der Waals surface area contributed by atoms with Crippen LogP contribution in [0.4, 0.5) is 11.6 Å². The monoisotopic (exact) mass is 1640 g/mol. The zero-order valence-electron chi connectivity index (χ0n) is 67.7. The second-order valence-electron chi connectivity index (χ2n) is 29.3. The Bertz CT molecular complexity index is 5890. The van der Waals surface area contributed by atoms with Crippen LogP contribution in [0.2, 0.25) is 10.3 Å². The Balaban J connectivity index is 0.000000127. The van der Waals surface area contributed by atoms with Gasteiger partial charge in [0.2, 0.25) is 11.6 Å². The summed E-state index contributed by atoms with van der Waals surface area (Å²) in [7, 11) is 6.47. The number of furan rings is 4. The first-order valence-corrected chi connectivity index (χ1v) is 40.5. The van der Waals surface area contributed by atoms with Gasteiger partial charge in [-0.15, -0.1) is 10.2 Å². The number of halogens is 2. The van der Waals surface area contributed by atoms with Gasteiger partial charge in [0.05, 0.1) is 26.2 Å². The standard InChI is InChI=1S/2C24H26N6O.2C19H15ClN4O.C5H12N2.CH4/c1-18-26-24(22-9-8-21(31-22)20-6-4-3-5-7-20)27-30(18)17-19-10-11-25-23(16-19)29-14-12-28(2)13-15-29;1-18-26-24(22-9-8-21(31-22)20-6-4-3-5-7-20)30(27-18)17-19-10-11-25-23(16-19)29-14-12-28(2)13-15-29;1-13-22-19(23-24(13)12-14-9-10-21-18(20)11-14)17-8-7-16(25-17)15-5-3-2-4-6-15;1-13-22-19(24(23-13)12-14-9-10-21-18(20)11-14)17-8-7-16(25-17)15-5-3-2-4-6-15;1-7-4-2-6-3-5-7;/h2*3-11,16H,12-15,17H2,1-2H3;2*2-11H,12H2,1H3;6H,2-5H2,1H3;1H4. The molecule has 15 heterocycles. The second-order valence-corrected chi connectivity index (χ2v) is 30.1. The molecular weight excluding hydrogens is 1550 g/mol. The average Bonchev–Trinajstić information content (AvgIpc) is 1.62. The minimum absolute atomic E-state index is 0. The van der Waals surface area contributed by atoms with Crippen LogP contribution in [0.1, 0.15) is 53.0 Å². The van der Waals surface area contributed by atoms with Gasteiger partial charge in [-0.3, -0.25) is 0 Å². The Hall–Kier alpha value is -12.8. The molecule has 0 atom stereocenters. The van der Waals surface area contributed by atoms with Crippen molar-refractivity contribution in [2.75, 3.05) is 109 Å². The van der Waals surface area contributed by atoms with Gasteiger partial charge in [-0.2, -0.15) is 10.2 Å². The quantitative estimate of drug-likeness (QED) is 0.0783. The van der Waals surface area contributed by atoms with Gasteiger partial charge in [0.25, 0.3) is 0 Å². The molecule has 16 aromatic rings. The lowest BCUT2D eigenvalue weighted by atomic mass is 10.2. The highest BCUT2D eigenvalue weighted by molar-refractivity contribution is 6.29. The van der Waals surface area contributed by atoms with Crippen molar-refractivity contribution in [3.05, 3.63) is 299 Å². The molecule has 26 nitrogen and oxygen atoms in total. The van der Waals surface area contributed by atoms with Crippen LogP contribution < -0.4 is 15.1 Å². The van der Waals surface area contributed by atoms with Crippen LogP contribution >= 0.6 is 23.2 Å². The van der Waals surface area contributed by atoms with Crippen molar-refractivity contribution >= 4 is 34.8 Å². The molecule has 614 valence electrons. The third-order valence-electron chi connectivity index (χ3n) is 20.3. The first kappa shape index (κ1) is 83.7. The molecule has 19 rings (SSSR count). The summed E-state index contributed by atoms with van der Waals surface area (Å²) in [5.74, 6) is 13.7. The average molecular weight is 1650 g/mol. The SMILES string of the molecule is C.CN1CCNCC1.Cc1nc(-c2ccc(-c3ccccc3)o2)n(Cc2ccnc(Cl)c2)n1.Cc1nc(-c2ccc(-c3ccccc3)o2)n(Cc2ccnc(N3CCN(C)CC3)c2)n1.Cc1nc(-c2ccc(-c3ccccc3)o2)nn1Cc1ccnc(Cl)c1.Cc1nc(-c2ccc(-c3ccccc3)o2)nn1Cc1ccnc(N2CCN(C)CC2)c1. The first-order valence-electron chi connectivity index (χ1n) is 39.7. The molecule has 3 saturated heterocycles. The van der Waals surface area contributed by atoms with E-state index in [1.54, 1.807) is 12.4 Å². The van der Waals surface area contributed by atoms with E-state index in [-0.39, 0.29) is 7.43 Å². The van der Waals surface area contributed by atoms with Crippen LogP contribution in [0.15, 0.2) is 261 Å². The highest BCUT2D eigenvalue weighted by Gasteiger charge is 2.23. The number of benzene rings is 4. The second kappa shape index (κ2) is 40.1. The fourth-order valence-corrected chi connectivity index (χ4v) is 14.2. The lowest BCUT2D eigenvalue weighted by Gasteiger charge is -2.33. The number of anilines is 2. The number of pyridine rings is 4. The summed E-state index contributed by atoms with van der Waals surface area (Å²) in [6.45, 7) is 23.0. The van der Waals surface area contributed by atoms with Crippen LogP contribution in [0, 0.1) is 27.7 Å². The number of hydrogen-bond acceptors (Lipinski definition) is 22. The van der Waals surface area contributed by atoms with Crippen molar-refractivity contribution in [1.29, 1.82) is 0 Å². The van der Waals surface area contributed by atoms with Gasteiger partial charge in [0.1, 0.15) is 68.3 Å². The first-order chi connectivity index (χ1) is 58.1. The van der Waals surface area contributed by atoms with Crippen molar-refractivity contribution in [3.63, 3.8) is 0 Å². The van der Waals surface area contributed by atoms with Gasteiger partial charge in [-0.25, -0.2) is 58.6 Å². The van der Waals surface area contributed by atoms with Crippen molar-refractivity contribution in [1.82, 2.24) is 99.0 Å². The number of aryl methyl sites for hydroxylation is 4. The van der Waals surface area contributed by atoms with E-state index in [1.165, 1.54) is 13.1 Å². The fourth-order valence-electron chi connectivity index (χ4n) is 13.8. The maximum absolute atomic E-state index is 6.13. The topological polar surface area (TPSA) is 255 Å². The van der Waals surface area contributed by atoms with E-state index in [2.05, 4.69) is 118 Å². The molecule has 3 aliphatic rings. The normalized spacial score (nSPS) is 13.7. The summed E-state index contributed by atoms with van der Waals surface area (Å²) in [4.78, 5) is 47.2. The number of piperazine rings is 3. The molecular formula is C92H98Cl2N22O4.